The highest BCUT2D eigenvalue weighted by Gasteiger charge is 2.74. The van der Waals surface area contributed by atoms with E-state index in [9.17, 15) is 9.90 Å². The Morgan fingerprint density at radius 1 is 1.38 bits per heavy atom. The van der Waals surface area contributed by atoms with Gasteiger partial charge in [-0.05, 0) is 37.8 Å². The smallest absolute Gasteiger partial charge is 0.152 e. The van der Waals surface area contributed by atoms with Crippen molar-refractivity contribution >= 4 is 5.78 Å². The zero-order valence-corrected chi connectivity index (χ0v) is 10.4. The average molecular weight is 224 g/mol. The molecule has 1 aliphatic carbocycles. The maximum atomic E-state index is 11.0. The molecule has 3 nitrogen and oxygen atoms in total. The zero-order chi connectivity index (χ0) is 12.2. The predicted molar refractivity (Wildman–Crippen MR) is 61.1 cm³/mol. The van der Waals surface area contributed by atoms with E-state index in [4.69, 9.17) is 4.74 Å². The summed E-state index contributed by atoms with van der Waals surface area (Å²) in [5, 5.41) is 9.89. The van der Waals surface area contributed by atoms with Crippen molar-refractivity contribution in [3.05, 3.63) is 12.2 Å². The van der Waals surface area contributed by atoms with Gasteiger partial charge in [-0.2, -0.15) is 0 Å². The number of carbonyl (C=O) groups excluding carboxylic acids is 1. The molecule has 0 aromatic rings. The second-order valence-electron chi connectivity index (χ2n) is 5.91. The molecule has 1 saturated heterocycles. The largest absolute Gasteiger partial charge is 0.393 e. The number of allylic oxidation sites excluding steroid dienone is 1. The van der Waals surface area contributed by atoms with Gasteiger partial charge in [-0.15, -0.1) is 0 Å². The van der Waals surface area contributed by atoms with Crippen LogP contribution in [-0.4, -0.2) is 28.2 Å². The quantitative estimate of drug-likeness (QED) is 0.575. The van der Waals surface area contributed by atoms with E-state index in [0.717, 1.165) is 6.42 Å². The van der Waals surface area contributed by atoms with Crippen LogP contribution in [-0.2, 0) is 9.53 Å². The molecule has 1 aliphatic heterocycles. The first kappa shape index (κ1) is 11.8. The third-order valence-electron chi connectivity index (χ3n) is 4.32. The minimum absolute atomic E-state index is 0.0186. The summed E-state index contributed by atoms with van der Waals surface area (Å²) in [5.74, 6) is 0.0186. The normalized spacial score (nSPS) is 45.4. The number of epoxide rings is 1. The van der Waals surface area contributed by atoms with E-state index in [1.807, 2.05) is 6.08 Å². The summed E-state index contributed by atoms with van der Waals surface area (Å²) in [4.78, 5) is 11.0. The molecule has 2 rings (SSSR count). The molecule has 3 heteroatoms. The fourth-order valence-corrected chi connectivity index (χ4v) is 3.01. The lowest BCUT2D eigenvalue weighted by atomic mass is 9.63. The van der Waals surface area contributed by atoms with Gasteiger partial charge < -0.3 is 9.84 Å². The number of hydrogen-bond donors (Lipinski definition) is 1. The molecule has 0 aromatic carbocycles. The molecule has 0 amide bonds. The molecule has 0 unspecified atom stereocenters. The van der Waals surface area contributed by atoms with Crippen LogP contribution in [0.2, 0.25) is 0 Å². The number of hydrogen-bond acceptors (Lipinski definition) is 3. The number of ether oxygens (including phenoxy) is 1. The van der Waals surface area contributed by atoms with Crippen LogP contribution >= 0.6 is 0 Å². The highest BCUT2D eigenvalue weighted by Crippen LogP contribution is 2.65. The Morgan fingerprint density at radius 2 is 2.00 bits per heavy atom. The molecular weight excluding hydrogens is 204 g/mol. The summed E-state index contributed by atoms with van der Waals surface area (Å²) in [6.07, 6.45) is 4.39. The van der Waals surface area contributed by atoms with E-state index < -0.39 is 5.60 Å². The van der Waals surface area contributed by atoms with Crippen molar-refractivity contribution in [1.82, 2.24) is 0 Å². The minimum atomic E-state index is -0.431. The van der Waals surface area contributed by atoms with Gasteiger partial charge >= 0.3 is 0 Å². The zero-order valence-electron chi connectivity index (χ0n) is 10.4. The fraction of sp³-hybridized carbons (Fsp3) is 0.769. The predicted octanol–water partition coefficient (Wildman–Crippen LogP) is 1.84. The first-order chi connectivity index (χ1) is 7.22. The molecule has 2 aliphatic rings. The first-order valence-corrected chi connectivity index (χ1v) is 5.80. The summed E-state index contributed by atoms with van der Waals surface area (Å²) in [6.45, 7) is 7.82. The average Bonchev–Trinajstić information content (AvgIpc) is 2.69. The van der Waals surface area contributed by atoms with E-state index in [-0.39, 0.29) is 22.9 Å². The summed E-state index contributed by atoms with van der Waals surface area (Å²) in [6, 6.07) is 0. The standard InChI is InChI=1S/C13H20O3/c1-9(14)5-6-13-8-10(15)7-11(2,3)12(13,4)16-13/h5-6,10,15H,7-8H2,1-4H3/b6-5+/t10-,12+,13-/m0/s1. The lowest BCUT2D eigenvalue weighted by molar-refractivity contribution is -0.112. The van der Waals surface area contributed by atoms with Gasteiger partial charge in [0.05, 0.1) is 6.10 Å². The molecule has 2 fully saturated rings. The lowest BCUT2D eigenvalue weighted by Gasteiger charge is -2.38. The van der Waals surface area contributed by atoms with Gasteiger partial charge in [0.25, 0.3) is 0 Å². The third kappa shape index (κ3) is 1.45. The van der Waals surface area contributed by atoms with Crippen molar-refractivity contribution < 1.29 is 14.6 Å². The monoisotopic (exact) mass is 224 g/mol. The molecule has 1 heterocycles. The van der Waals surface area contributed by atoms with Gasteiger partial charge in [0.1, 0.15) is 11.2 Å². The Bertz CT molecular complexity index is 358. The van der Waals surface area contributed by atoms with Gasteiger partial charge in [0.15, 0.2) is 5.78 Å². The van der Waals surface area contributed by atoms with Gasteiger partial charge in [0.2, 0.25) is 0 Å². The molecule has 0 bridgehead atoms. The Labute approximate surface area is 96.5 Å². The lowest BCUT2D eigenvalue weighted by Crippen LogP contribution is -2.45. The second-order valence-corrected chi connectivity index (χ2v) is 5.91. The number of carbonyl (C=O) groups is 1. The van der Waals surface area contributed by atoms with E-state index in [1.165, 1.54) is 6.92 Å². The maximum absolute atomic E-state index is 11.0. The third-order valence-corrected chi connectivity index (χ3v) is 4.32. The number of ketones is 1. The molecule has 16 heavy (non-hydrogen) atoms. The fourth-order valence-electron chi connectivity index (χ4n) is 3.01. The van der Waals surface area contributed by atoms with E-state index in [0.29, 0.717) is 6.42 Å². The Balaban J connectivity index is 2.28. The van der Waals surface area contributed by atoms with Crippen LogP contribution in [0.5, 0.6) is 0 Å². The van der Waals surface area contributed by atoms with Gasteiger partial charge in [-0.1, -0.05) is 13.8 Å². The summed E-state index contributed by atoms with van der Waals surface area (Å²) in [7, 11) is 0. The maximum Gasteiger partial charge on any atom is 0.152 e. The van der Waals surface area contributed by atoms with Crippen LogP contribution in [0.15, 0.2) is 12.2 Å². The van der Waals surface area contributed by atoms with E-state index >= 15 is 0 Å². The molecule has 1 N–H and O–H groups in total. The molecule has 1 saturated carbocycles. The number of aliphatic hydroxyl groups excluding tert-OH is 1. The van der Waals surface area contributed by atoms with Crippen molar-refractivity contribution in [3.8, 4) is 0 Å². The van der Waals surface area contributed by atoms with Crippen LogP contribution in [0.4, 0.5) is 0 Å². The summed E-state index contributed by atoms with van der Waals surface area (Å²) >= 11 is 0. The number of aliphatic hydroxyl groups is 1. The van der Waals surface area contributed by atoms with Crippen molar-refractivity contribution in [2.75, 3.05) is 0 Å². The first-order valence-electron chi connectivity index (χ1n) is 5.80. The summed E-state index contributed by atoms with van der Waals surface area (Å²) in [5.41, 5.74) is -0.739. The van der Waals surface area contributed by atoms with Crippen LogP contribution in [0.1, 0.15) is 40.5 Å². The number of rotatable bonds is 2. The van der Waals surface area contributed by atoms with Crippen molar-refractivity contribution in [2.45, 2.75) is 57.8 Å². The van der Waals surface area contributed by atoms with Crippen LogP contribution in [0, 0.1) is 5.41 Å². The summed E-state index contributed by atoms with van der Waals surface area (Å²) < 4.78 is 5.89. The van der Waals surface area contributed by atoms with Gasteiger partial charge in [-0.25, -0.2) is 0 Å². The van der Waals surface area contributed by atoms with Gasteiger partial charge in [-0.3, -0.25) is 4.79 Å². The van der Waals surface area contributed by atoms with Crippen LogP contribution < -0.4 is 0 Å². The molecular formula is C13H20O3. The van der Waals surface area contributed by atoms with E-state index in [2.05, 4.69) is 20.8 Å². The SMILES string of the molecule is CC(=O)/C=C/[C@]12C[C@@H](O)CC(C)(C)[C@@]1(C)O2. The molecule has 90 valence electrons. The topological polar surface area (TPSA) is 49.8 Å². The highest BCUT2D eigenvalue weighted by atomic mass is 16.6. The van der Waals surface area contributed by atoms with Crippen molar-refractivity contribution in [2.24, 2.45) is 5.41 Å². The van der Waals surface area contributed by atoms with Crippen LogP contribution in [0.25, 0.3) is 0 Å². The molecule has 3 atom stereocenters. The molecule has 0 aromatic heterocycles. The second kappa shape index (κ2) is 3.17. The van der Waals surface area contributed by atoms with Crippen molar-refractivity contribution in [3.63, 3.8) is 0 Å². The van der Waals surface area contributed by atoms with Gasteiger partial charge in [0, 0.05) is 6.42 Å². The highest BCUT2D eigenvalue weighted by molar-refractivity contribution is 5.87. The minimum Gasteiger partial charge on any atom is -0.393 e. The van der Waals surface area contributed by atoms with E-state index in [1.54, 1.807) is 6.08 Å². The Hall–Kier alpha value is -0.670. The van der Waals surface area contributed by atoms with Crippen molar-refractivity contribution in [1.29, 1.82) is 0 Å². The van der Waals surface area contributed by atoms with Crippen LogP contribution in [0.3, 0.4) is 0 Å². The molecule has 0 spiro atoms. The molecule has 0 radical (unpaired) electrons. The Morgan fingerprint density at radius 3 is 2.56 bits per heavy atom. The number of fused-ring (bicyclic) bond motifs is 1. The Kier molecular flexibility index (Phi) is 2.34.